The smallest absolute Gasteiger partial charge is 0.164 e. The third-order valence-electron chi connectivity index (χ3n) is 5.24. The number of fused-ring (bicyclic) bond motifs is 3. The normalized spacial score (nSPS) is 33.0. The van der Waals surface area contributed by atoms with Crippen LogP contribution in [0.2, 0.25) is 0 Å². The van der Waals surface area contributed by atoms with Crippen molar-refractivity contribution < 1.29 is 9.53 Å². The molecule has 0 spiro atoms. The topological polar surface area (TPSA) is 26.3 Å². The van der Waals surface area contributed by atoms with E-state index in [-0.39, 0.29) is 0 Å². The Labute approximate surface area is 119 Å². The molecule has 3 aliphatic rings. The Kier molecular flexibility index (Phi) is 2.99. The van der Waals surface area contributed by atoms with Gasteiger partial charge in [0.1, 0.15) is 0 Å². The fourth-order valence-corrected chi connectivity index (χ4v) is 4.32. The molecule has 0 amide bonds. The van der Waals surface area contributed by atoms with Crippen LogP contribution < -0.4 is 0 Å². The predicted octanol–water partition coefficient (Wildman–Crippen LogP) is 3.62. The van der Waals surface area contributed by atoms with Crippen LogP contribution in [0.15, 0.2) is 35.9 Å². The molecule has 0 bridgehead atoms. The second-order valence-corrected chi connectivity index (χ2v) is 6.30. The number of carbonyl (C=O) groups is 1. The lowest BCUT2D eigenvalue weighted by Crippen LogP contribution is -2.39. The van der Waals surface area contributed by atoms with Crippen LogP contribution in [0.1, 0.15) is 37.7 Å². The molecule has 0 unspecified atom stereocenters. The largest absolute Gasteiger partial charge is 0.374 e. The summed E-state index contributed by atoms with van der Waals surface area (Å²) < 4.78 is 6.09. The van der Waals surface area contributed by atoms with Crippen molar-refractivity contribution in [2.45, 2.75) is 38.2 Å². The predicted molar refractivity (Wildman–Crippen MR) is 78.2 cm³/mol. The molecule has 1 aromatic rings. The molecule has 20 heavy (non-hydrogen) atoms. The van der Waals surface area contributed by atoms with Gasteiger partial charge in [0.2, 0.25) is 0 Å². The Hall–Kier alpha value is -1.41. The van der Waals surface area contributed by atoms with Crippen LogP contribution in [0.5, 0.6) is 0 Å². The minimum atomic E-state index is 0.325. The van der Waals surface area contributed by atoms with Gasteiger partial charge in [-0.25, -0.2) is 0 Å². The maximum Gasteiger partial charge on any atom is 0.164 e. The first-order valence-corrected chi connectivity index (χ1v) is 7.78. The summed E-state index contributed by atoms with van der Waals surface area (Å²) in [5.41, 5.74) is 3.32. The number of benzene rings is 1. The number of rotatable bonds is 1. The van der Waals surface area contributed by atoms with Gasteiger partial charge >= 0.3 is 0 Å². The minimum Gasteiger partial charge on any atom is -0.374 e. The van der Waals surface area contributed by atoms with E-state index in [0.29, 0.717) is 36.8 Å². The van der Waals surface area contributed by atoms with Gasteiger partial charge in [-0.3, -0.25) is 4.79 Å². The zero-order valence-electron chi connectivity index (χ0n) is 11.7. The van der Waals surface area contributed by atoms with Crippen molar-refractivity contribution in [1.82, 2.24) is 0 Å². The van der Waals surface area contributed by atoms with Crippen LogP contribution >= 0.6 is 0 Å². The van der Waals surface area contributed by atoms with Gasteiger partial charge in [0, 0.05) is 12.0 Å². The van der Waals surface area contributed by atoms with Crippen molar-refractivity contribution in [3.05, 3.63) is 41.5 Å². The van der Waals surface area contributed by atoms with E-state index in [2.05, 4.69) is 12.1 Å². The molecule has 3 atom stereocenters. The molecule has 1 aromatic carbocycles. The lowest BCUT2D eigenvalue weighted by Gasteiger charge is -2.40. The van der Waals surface area contributed by atoms with Crippen molar-refractivity contribution in [2.75, 3.05) is 6.61 Å². The van der Waals surface area contributed by atoms with Gasteiger partial charge in [-0.2, -0.15) is 0 Å². The molecule has 2 aliphatic carbocycles. The quantitative estimate of drug-likeness (QED) is 0.777. The number of ketones is 1. The van der Waals surface area contributed by atoms with Gasteiger partial charge < -0.3 is 4.74 Å². The molecule has 1 saturated heterocycles. The summed E-state index contributed by atoms with van der Waals surface area (Å²) in [6.45, 7) is 0.668. The number of allylic oxidation sites excluding steroid dienone is 1. The molecule has 2 heteroatoms. The summed E-state index contributed by atoms with van der Waals surface area (Å²) in [6, 6.07) is 10.1. The maximum absolute atomic E-state index is 12.5. The lowest BCUT2D eigenvalue weighted by atomic mass is 9.73. The number of hydrogen-bond donors (Lipinski definition) is 0. The van der Waals surface area contributed by atoms with Crippen LogP contribution in [0.3, 0.4) is 0 Å². The van der Waals surface area contributed by atoms with Crippen LogP contribution in [-0.2, 0) is 9.53 Å². The number of carbonyl (C=O) groups excluding carboxylic acids is 1. The Balaban J connectivity index is 1.74. The third-order valence-corrected chi connectivity index (χ3v) is 5.24. The van der Waals surface area contributed by atoms with Crippen molar-refractivity contribution >= 4 is 11.4 Å². The van der Waals surface area contributed by atoms with E-state index in [1.54, 1.807) is 0 Å². The number of Topliss-reactive ketones (excluding diaryl/α,β-unsaturated/α-hetero) is 1. The zero-order chi connectivity index (χ0) is 13.5. The SMILES string of the molecule is O=C1C[C@@H]2C(=C1c1ccccc1)CO[C@H]1CCCC[C@@H]12. The van der Waals surface area contributed by atoms with Gasteiger partial charge in [0.05, 0.1) is 12.7 Å². The fraction of sp³-hybridized carbons (Fsp3) is 0.500. The molecule has 1 heterocycles. The molecule has 0 radical (unpaired) electrons. The van der Waals surface area contributed by atoms with E-state index < -0.39 is 0 Å². The summed E-state index contributed by atoms with van der Waals surface area (Å²) in [7, 11) is 0. The van der Waals surface area contributed by atoms with Crippen LogP contribution in [0.4, 0.5) is 0 Å². The lowest BCUT2D eigenvalue weighted by molar-refractivity contribution is -0.114. The summed E-state index contributed by atoms with van der Waals surface area (Å²) >= 11 is 0. The highest BCUT2D eigenvalue weighted by molar-refractivity contribution is 6.24. The summed E-state index contributed by atoms with van der Waals surface area (Å²) in [5.74, 6) is 1.36. The Bertz CT molecular complexity index is 558. The second-order valence-electron chi connectivity index (χ2n) is 6.30. The molecular weight excluding hydrogens is 248 g/mol. The molecule has 2 nitrogen and oxygen atoms in total. The van der Waals surface area contributed by atoms with E-state index in [4.69, 9.17) is 4.74 Å². The summed E-state index contributed by atoms with van der Waals surface area (Å²) in [4.78, 5) is 12.5. The third kappa shape index (κ3) is 1.86. The average Bonchev–Trinajstić information content (AvgIpc) is 2.84. The molecule has 4 rings (SSSR count). The second kappa shape index (κ2) is 4.85. The highest BCUT2D eigenvalue weighted by Crippen LogP contribution is 2.48. The van der Waals surface area contributed by atoms with Gasteiger partial charge in [-0.15, -0.1) is 0 Å². The Morgan fingerprint density at radius 1 is 1.05 bits per heavy atom. The average molecular weight is 268 g/mol. The first-order valence-electron chi connectivity index (χ1n) is 7.78. The standard InChI is InChI=1S/C18H20O2/c19-16-10-14-13-8-4-5-9-17(13)20-11-15(14)18(16)12-6-2-1-3-7-12/h1-3,6-7,13-14,17H,4-5,8-11H2/t13-,14+,17+/m1/s1. The van der Waals surface area contributed by atoms with Crippen LogP contribution in [-0.4, -0.2) is 18.5 Å². The van der Waals surface area contributed by atoms with Crippen molar-refractivity contribution in [2.24, 2.45) is 11.8 Å². The molecule has 1 saturated carbocycles. The zero-order valence-corrected chi connectivity index (χ0v) is 11.7. The van der Waals surface area contributed by atoms with Crippen molar-refractivity contribution in [3.63, 3.8) is 0 Å². The van der Waals surface area contributed by atoms with E-state index in [1.807, 2.05) is 18.2 Å². The maximum atomic E-state index is 12.5. The van der Waals surface area contributed by atoms with E-state index in [1.165, 1.54) is 31.3 Å². The first kappa shape index (κ1) is 12.3. The van der Waals surface area contributed by atoms with Crippen LogP contribution in [0, 0.1) is 11.8 Å². The first-order chi connectivity index (χ1) is 9.84. The van der Waals surface area contributed by atoms with Crippen LogP contribution in [0.25, 0.3) is 5.57 Å². The van der Waals surface area contributed by atoms with E-state index >= 15 is 0 Å². The van der Waals surface area contributed by atoms with E-state index in [9.17, 15) is 4.79 Å². The summed E-state index contributed by atoms with van der Waals surface area (Å²) in [5, 5.41) is 0. The fourth-order valence-electron chi connectivity index (χ4n) is 4.32. The van der Waals surface area contributed by atoms with Gasteiger partial charge in [0.15, 0.2) is 5.78 Å². The Morgan fingerprint density at radius 2 is 1.85 bits per heavy atom. The Morgan fingerprint density at radius 3 is 2.70 bits per heavy atom. The molecule has 2 fully saturated rings. The molecular formula is C18H20O2. The molecule has 104 valence electrons. The number of hydrogen-bond acceptors (Lipinski definition) is 2. The van der Waals surface area contributed by atoms with Gasteiger partial charge in [0.25, 0.3) is 0 Å². The van der Waals surface area contributed by atoms with Gasteiger partial charge in [-0.1, -0.05) is 43.2 Å². The van der Waals surface area contributed by atoms with E-state index in [0.717, 1.165) is 11.1 Å². The van der Waals surface area contributed by atoms with Gasteiger partial charge in [-0.05, 0) is 35.8 Å². The number of ether oxygens (including phenoxy) is 1. The summed E-state index contributed by atoms with van der Waals surface area (Å²) in [6.07, 6.45) is 6.11. The molecule has 1 aliphatic heterocycles. The highest BCUT2D eigenvalue weighted by atomic mass is 16.5. The van der Waals surface area contributed by atoms with Crippen molar-refractivity contribution in [3.8, 4) is 0 Å². The molecule has 0 N–H and O–H groups in total. The molecule has 0 aromatic heterocycles. The minimum absolute atomic E-state index is 0.325. The highest BCUT2D eigenvalue weighted by Gasteiger charge is 2.44. The monoisotopic (exact) mass is 268 g/mol. The van der Waals surface area contributed by atoms with Crippen molar-refractivity contribution in [1.29, 1.82) is 0 Å².